The molecule has 0 spiro atoms. The molecule has 2 aromatic rings. The Morgan fingerprint density at radius 3 is 2.46 bits per heavy atom. The molecule has 0 aliphatic rings. The maximum atomic E-state index is 12.0. The molecule has 0 atom stereocenters. The van der Waals surface area contributed by atoms with Crippen molar-refractivity contribution < 1.29 is 19.1 Å². The third-order valence-electron chi connectivity index (χ3n) is 3.23. The van der Waals surface area contributed by atoms with E-state index in [0.717, 1.165) is 0 Å². The van der Waals surface area contributed by atoms with Crippen LogP contribution < -0.4 is 10.1 Å². The summed E-state index contributed by atoms with van der Waals surface area (Å²) < 4.78 is 5.41. The number of carbonyl (C=O) groups excluding carboxylic acids is 3. The quantitative estimate of drug-likeness (QED) is 0.809. The fourth-order valence-electron chi connectivity index (χ4n) is 2.06. The molecule has 0 heterocycles. The molecule has 0 fully saturated rings. The number of hydrogen-bond donors (Lipinski definition) is 1. The molecule has 2 rings (SSSR count). The van der Waals surface area contributed by atoms with Gasteiger partial charge in [0.25, 0.3) is 5.91 Å². The zero-order valence-corrected chi connectivity index (χ0v) is 14.0. The van der Waals surface area contributed by atoms with Gasteiger partial charge in [-0.15, -0.1) is 0 Å². The van der Waals surface area contributed by atoms with Gasteiger partial charge in [-0.2, -0.15) is 0 Å². The van der Waals surface area contributed by atoms with Gasteiger partial charge in [-0.25, -0.2) is 0 Å². The Labute approximate surface area is 144 Å². The molecule has 0 aliphatic carbocycles. The van der Waals surface area contributed by atoms with Crippen LogP contribution in [0.1, 0.15) is 34.6 Å². The Balaban J connectivity index is 2.03. The van der Waals surface area contributed by atoms with Gasteiger partial charge in [0.2, 0.25) is 0 Å². The van der Waals surface area contributed by atoms with Crippen LogP contribution in [0.25, 0.3) is 0 Å². The second-order valence-corrected chi connectivity index (χ2v) is 5.61. The van der Waals surface area contributed by atoms with Crippen LogP contribution in [-0.4, -0.2) is 24.1 Å². The average molecular weight is 346 g/mol. The van der Waals surface area contributed by atoms with Gasteiger partial charge >= 0.3 is 0 Å². The fourth-order valence-corrected chi connectivity index (χ4v) is 2.23. The van der Waals surface area contributed by atoms with Crippen LogP contribution in [0.4, 0.5) is 5.69 Å². The number of halogens is 1. The predicted molar refractivity (Wildman–Crippen MR) is 92.0 cm³/mol. The molecule has 0 aliphatic heterocycles. The second-order valence-electron chi connectivity index (χ2n) is 5.17. The first-order valence-corrected chi connectivity index (χ1v) is 7.59. The fraction of sp³-hybridized carbons (Fsp3) is 0.167. The lowest BCUT2D eigenvalue weighted by molar-refractivity contribution is -0.118. The second kappa shape index (κ2) is 7.75. The summed E-state index contributed by atoms with van der Waals surface area (Å²) in [5.41, 5.74) is 1.32. The van der Waals surface area contributed by atoms with E-state index < -0.39 is 5.91 Å². The van der Waals surface area contributed by atoms with Crippen LogP contribution in [-0.2, 0) is 4.79 Å². The van der Waals surface area contributed by atoms with E-state index in [9.17, 15) is 14.4 Å². The summed E-state index contributed by atoms with van der Waals surface area (Å²) >= 11 is 5.86. The van der Waals surface area contributed by atoms with Crippen LogP contribution in [0.2, 0.25) is 5.02 Å². The Morgan fingerprint density at radius 2 is 1.79 bits per heavy atom. The maximum absolute atomic E-state index is 12.0. The van der Waals surface area contributed by atoms with E-state index >= 15 is 0 Å². The van der Waals surface area contributed by atoms with Gasteiger partial charge in [-0.1, -0.05) is 23.7 Å². The molecule has 5 nitrogen and oxygen atoms in total. The minimum Gasteiger partial charge on any atom is -0.483 e. The number of rotatable bonds is 6. The largest absolute Gasteiger partial charge is 0.483 e. The molecule has 0 bridgehead atoms. The number of anilines is 1. The average Bonchev–Trinajstić information content (AvgIpc) is 2.53. The topological polar surface area (TPSA) is 72.5 Å². The monoisotopic (exact) mass is 345 g/mol. The smallest absolute Gasteiger partial charge is 0.262 e. The molecule has 1 N–H and O–H groups in total. The molecule has 1 amide bonds. The molecular formula is C18H16ClNO4. The highest BCUT2D eigenvalue weighted by Gasteiger charge is 2.11. The van der Waals surface area contributed by atoms with Gasteiger partial charge in [0.05, 0.1) is 5.56 Å². The van der Waals surface area contributed by atoms with Crippen molar-refractivity contribution in [1.82, 2.24) is 0 Å². The van der Waals surface area contributed by atoms with Gasteiger partial charge in [0.15, 0.2) is 18.2 Å². The number of Topliss-reactive ketones (excluding diaryl/α,β-unsaturated/α-hetero) is 2. The van der Waals surface area contributed by atoms with Crippen LogP contribution in [0, 0.1) is 0 Å². The number of nitrogens with one attached hydrogen (secondary N) is 1. The summed E-state index contributed by atoms with van der Waals surface area (Å²) in [6.07, 6.45) is 0. The minimum atomic E-state index is -0.403. The zero-order chi connectivity index (χ0) is 17.7. The number of benzene rings is 2. The maximum Gasteiger partial charge on any atom is 0.262 e. The number of carbonyl (C=O) groups is 3. The normalized spacial score (nSPS) is 10.1. The van der Waals surface area contributed by atoms with Gasteiger partial charge in [0, 0.05) is 16.3 Å². The zero-order valence-electron chi connectivity index (χ0n) is 13.3. The highest BCUT2D eigenvalue weighted by Crippen LogP contribution is 2.23. The molecule has 2 aromatic carbocycles. The van der Waals surface area contributed by atoms with Crippen molar-refractivity contribution in [2.24, 2.45) is 0 Å². The first kappa shape index (κ1) is 17.7. The van der Waals surface area contributed by atoms with Gasteiger partial charge in [-0.3, -0.25) is 14.4 Å². The highest BCUT2D eigenvalue weighted by molar-refractivity contribution is 6.31. The Hall–Kier alpha value is -2.66. The summed E-state index contributed by atoms with van der Waals surface area (Å²) in [6.45, 7) is 2.58. The third kappa shape index (κ3) is 4.67. The van der Waals surface area contributed by atoms with Gasteiger partial charge in [0.1, 0.15) is 5.75 Å². The summed E-state index contributed by atoms with van der Waals surface area (Å²) in [7, 11) is 0. The van der Waals surface area contributed by atoms with Crippen molar-refractivity contribution >= 4 is 34.8 Å². The van der Waals surface area contributed by atoms with E-state index in [0.29, 0.717) is 27.6 Å². The van der Waals surface area contributed by atoms with E-state index in [4.69, 9.17) is 16.3 Å². The first-order valence-electron chi connectivity index (χ1n) is 7.21. The van der Waals surface area contributed by atoms with E-state index in [2.05, 4.69) is 5.32 Å². The Kier molecular flexibility index (Phi) is 5.71. The summed E-state index contributed by atoms with van der Waals surface area (Å²) in [5.74, 6) is -0.406. The molecule has 24 heavy (non-hydrogen) atoms. The third-order valence-corrected chi connectivity index (χ3v) is 3.47. The summed E-state index contributed by atoms with van der Waals surface area (Å²) in [5, 5.41) is 3.06. The lowest BCUT2D eigenvalue weighted by Crippen LogP contribution is -2.21. The molecular weight excluding hydrogens is 330 g/mol. The van der Waals surface area contributed by atoms with Crippen LogP contribution in [0.3, 0.4) is 0 Å². The molecule has 0 saturated carbocycles. The van der Waals surface area contributed by atoms with Crippen molar-refractivity contribution in [3.8, 4) is 5.75 Å². The number of amides is 1. The first-order chi connectivity index (χ1) is 11.4. The van der Waals surface area contributed by atoms with Crippen LogP contribution >= 0.6 is 11.6 Å². The van der Waals surface area contributed by atoms with E-state index in [1.54, 1.807) is 36.4 Å². The van der Waals surface area contributed by atoms with Crippen molar-refractivity contribution in [2.45, 2.75) is 13.8 Å². The lowest BCUT2D eigenvalue weighted by atomic mass is 10.1. The molecule has 0 aromatic heterocycles. The number of ketones is 2. The lowest BCUT2D eigenvalue weighted by Gasteiger charge is -2.11. The minimum absolute atomic E-state index is 0.0883. The molecule has 6 heteroatoms. The SMILES string of the molecule is CC(=O)c1cccc(NC(=O)COc2ccc(Cl)cc2C(C)=O)c1. The molecule has 124 valence electrons. The summed E-state index contributed by atoms with van der Waals surface area (Å²) in [4.78, 5) is 34.9. The Bertz CT molecular complexity index is 801. The molecule has 0 saturated heterocycles. The van der Waals surface area contributed by atoms with Crippen molar-refractivity contribution in [1.29, 1.82) is 0 Å². The van der Waals surface area contributed by atoms with E-state index in [-0.39, 0.29) is 18.2 Å². The van der Waals surface area contributed by atoms with Gasteiger partial charge < -0.3 is 10.1 Å². The number of ether oxygens (including phenoxy) is 1. The predicted octanol–water partition coefficient (Wildman–Crippen LogP) is 3.76. The van der Waals surface area contributed by atoms with Crippen LogP contribution in [0.5, 0.6) is 5.75 Å². The van der Waals surface area contributed by atoms with Crippen LogP contribution in [0.15, 0.2) is 42.5 Å². The number of hydrogen-bond acceptors (Lipinski definition) is 4. The van der Waals surface area contributed by atoms with Crippen molar-refractivity contribution in [3.63, 3.8) is 0 Å². The Morgan fingerprint density at radius 1 is 1.04 bits per heavy atom. The highest BCUT2D eigenvalue weighted by atomic mass is 35.5. The van der Waals surface area contributed by atoms with E-state index in [1.807, 2.05) is 0 Å². The summed E-state index contributed by atoms with van der Waals surface area (Å²) in [6, 6.07) is 11.2. The van der Waals surface area contributed by atoms with Crippen molar-refractivity contribution in [3.05, 3.63) is 58.6 Å². The molecule has 0 radical (unpaired) electrons. The van der Waals surface area contributed by atoms with Gasteiger partial charge in [-0.05, 0) is 44.2 Å². The van der Waals surface area contributed by atoms with Crippen molar-refractivity contribution in [2.75, 3.05) is 11.9 Å². The van der Waals surface area contributed by atoms with E-state index in [1.165, 1.54) is 19.9 Å². The standard InChI is InChI=1S/C18H16ClNO4/c1-11(21)13-4-3-5-15(8-13)20-18(23)10-24-17-7-6-14(19)9-16(17)12(2)22/h3-9H,10H2,1-2H3,(H,20,23). The molecule has 0 unspecified atom stereocenters.